The lowest BCUT2D eigenvalue weighted by Gasteiger charge is -2.42. The lowest BCUT2D eigenvalue weighted by molar-refractivity contribution is -0.174. The molecule has 112 valence electrons. The minimum Gasteiger partial charge on any atom is -0.459 e. The van der Waals surface area contributed by atoms with E-state index in [1.165, 1.54) is 0 Å². The zero-order valence-corrected chi connectivity index (χ0v) is 13.4. The van der Waals surface area contributed by atoms with Crippen molar-refractivity contribution in [3.63, 3.8) is 0 Å². The first-order valence-corrected chi connectivity index (χ1v) is 7.03. The molecule has 3 nitrogen and oxygen atoms in total. The molecule has 0 fully saturated rings. The molecule has 0 bridgehead atoms. The number of hydrogen-bond acceptors (Lipinski definition) is 3. The van der Waals surface area contributed by atoms with Gasteiger partial charge in [0.05, 0.1) is 19.6 Å². The van der Waals surface area contributed by atoms with Gasteiger partial charge >= 0.3 is 5.97 Å². The fourth-order valence-corrected chi connectivity index (χ4v) is 1.90. The molecule has 0 saturated carbocycles. The molecule has 3 heteroatoms. The van der Waals surface area contributed by atoms with Gasteiger partial charge in [0.15, 0.2) is 0 Å². The highest BCUT2D eigenvalue weighted by atomic mass is 16.6. The van der Waals surface area contributed by atoms with Crippen LogP contribution in [0, 0.1) is 11.3 Å². The highest BCUT2D eigenvalue weighted by Gasteiger charge is 2.41. The average molecular weight is 270 g/mol. The summed E-state index contributed by atoms with van der Waals surface area (Å²) < 4.78 is 11.0. The number of rotatable bonds is 8. The molecule has 0 heterocycles. The fourth-order valence-electron chi connectivity index (χ4n) is 1.90. The van der Waals surface area contributed by atoms with Crippen LogP contribution < -0.4 is 0 Å². The van der Waals surface area contributed by atoms with Crippen molar-refractivity contribution in [2.75, 3.05) is 13.2 Å². The van der Waals surface area contributed by atoms with E-state index in [-0.39, 0.29) is 17.8 Å². The zero-order valence-electron chi connectivity index (χ0n) is 13.4. The van der Waals surface area contributed by atoms with Crippen LogP contribution >= 0.6 is 0 Å². The van der Waals surface area contributed by atoms with Gasteiger partial charge < -0.3 is 9.47 Å². The second-order valence-electron chi connectivity index (χ2n) is 6.67. The van der Waals surface area contributed by atoms with E-state index in [1.54, 1.807) is 6.08 Å². The maximum absolute atomic E-state index is 11.9. The smallest absolute Gasteiger partial charge is 0.308 e. The molecule has 19 heavy (non-hydrogen) atoms. The number of esters is 1. The van der Waals surface area contributed by atoms with E-state index in [9.17, 15) is 4.79 Å². The molecule has 0 radical (unpaired) electrons. The van der Waals surface area contributed by atoms with Crippen molar-refractivity contribution in [1.29, 1.82) is 0 Å². The van der Waals surface area contributed by atoms with E-state index in [4.69, 9.17) is 9.47 Å². The first-order chi connectivity index (χ1) is 8.62. The van der Waals surface area contributed by atoms with Crippen LogP contribution in [-0.2, 0) is 14.3 Å². The van der Waals surface area contributed by atoms with Gasteiger partial charge in [0.25, 0.3) is 0 Å². The Balaban J connectivity index is 4.48. The molecule has 0 aromatic carbocycles. The third kappa shape index (κ3) is 6.76. The van der Waals surface area contributed by atoms with Gasteiger partial charge in [-0.25, -0.2) is 0 Å². The van der Waals surface area contributed by atoms with Crippen LogP contribution in [0.1, 0.15) is 54.4 Å². The van der Waals surface area contributed by atoms with Crippen molar-refractivity contribution in [3.8, 4) is 0 Å². The zero-order chi connectivity index (χ0) is 15.1. The van der Waals surface area contributed by atoms with Crippen molar-refractivity contribution >= 4 is 5.97 Å². The van der Waals surface area contributed by atoms with Crippen molar-refractivity contribution < 1.29 is 14.3 Å². The molecule has 0 spiro atoms. The average Bonchev–Trinajstić information content (AvgIpc) is 2.21. The van der Waals surface area contributed by atoms with Crippen molar-refractivity contribution in [3.05, 3.63) is 12.7 Å². The summed E-state index contributed by atoms with van der Waals surface area (Å²) >= 11 is 0. The minimum atomic E-state index is -0.448. The SMILES string of the molecule is C=CCOCCC(=O)OC(C)(CC(C)C)C(C)(C)C. The highest BCUT2D eigenvalue weighted by molar-refractivity contribution is 5.70. The van der Waals surface area contributed by atoms with Crippen LogP contribution in [0.15, 0.2) is 12.7 Å². The van der Waals surface area contributed by atoms with Crippen LogP contribution in [0.5, 0.6) is 0 Å². The lowest BCUT2D eigenvalue weighted by Crippen LogP contribution is -2.45. The largest absolute Gasteiger partial charge is 0.459 e. The summed E-state index contributed by atoms with van der Waals surface area (Å²) in [4.78, 5) is 11.9. The van der Waals surface area contributed by atoms with E-state index >= 15 is 0 Å². The van der Waals surface area contributed by atoms with Gasteiger partial charge in [-0.2, -0.15) is 0 Å². The van der Waals surface area contributed by atoms with Crippen LogP contribution in [0.25, 0.3) is 0 Å². The molecule has 0 aliphatic rings. The number of carbonyl (C=O) groups excluding carboxylic acids is 1. The van der Waals surface area contributed by atoms with Gasteiger partial charge in [0.1, 0.15) is 5.60 Å². The van der Waals surface area contributed by atoms with Crippen molar-refractivity contribution in [2.45, 2.75) is 60.0 Å². The van der Waals surface area contributed by atoms with E-state index in [1.807, 2.05) is 6.92 Å². The Labute approximate surface area is 118 Å². The lowest BCUT2D eigenvalue weighted by atomic mass is 9.73. The third-order valence-electron chi connectivity index (χ3n) is 3.41. The van der Waals surface area contributed by atoms with E-state index in [0.29, 0.717) is 19.1 Å². The summed E-state index contributed by atoms with van der Waals surface area (Å²) in [6, 6.07) is 0. The maximum atomic E-state index is 11.9. The third-order valence-corrected chi connectivity index (χ3v) is 3.41. The van der Waals surface area contributed by atoms with Crippen LogP contribution in [-0.4, -0.2) is 24.8 Å². The van der Waals surface area contributed by atoms with E-state index < -0.39 is 5.60 Å². The second-order valence-corrected chi connectivity index (χ2v) is 6.67. The normalized spacial score (nSPS) is 15.1. The minimum absolute atomic E-state index is 0.0884. The number of ether oxygens (including phenoxy) is 2. The maximum Gasteiger partial charge on any atom is 0.308 e. The van der Waals surface area contributed by atoms with Gasteiger partial charge in [-0.15, -0.1) is 6.58 Å². The van der Waals surface area contributed by atoms with Gasteiger partial charge in [0, 0.05) is 5.41 Å². The Bertz CT molecular complexity index is 289. The summed E-state index contributed by atoms with van der Waals surface area (Å²) in [6.07, 6.45) is 2.82. The van der Waals surface area contributed by atoms with Crippen molar-refractivity contribution in [2.24, 2.45) is 11.3 Å². The monoisotopic (exact) mass is 270 g/mol. The Morgan fingerprint density at radius 1 is 1.26 bits per heavy atom. The Morgan fingerprint density at radius 3 is 2.26 bits per heavy atom. The molecular formula is C16H30O3. The first kappa shape index (κ1) is 18.2. The van der Waals surface area contributed by atoms with Gasteiger partial charge in [-0.05, 0) is 19.3 Å². The summed E-state index contributed by atoms with van der Waals surface area (Å²) in [5.74, 6) is 0.288. The summed E-state index contributed by atoms with van der Waals surface area (Å²) in [7, 11) is 0. The molecule has 0 aromatic heterocycles. The molecule has 0 saturated heterocycles. The summed E-state index contributed by atoms with van der Waals surface area (Å²) in [5.41, 5.74) is -0.536. The van der Waals surface area contributed by atoms with Crippen LogP contribution in [0.4, 0.5) is 0 Å². The first-order valence-electron chi connectivity index (χ1n) is 7.03. The van der Waals surface area contributed by atoms with Crippen molar-refractivity contribution in [1.82, 2.24) is 0 Å². The molecule has 0 aliphatic heterocycles. The standard InChI is InChI=1S/C16H30O3/c1-8-10-18-11-9-14(17)19-16(7,12-13(2)3)15(4,5)6/h8,13H,1,9-12H2,2-7H3. The molecule has 0 rings (SSSR count). The summed E-state index contributed by atoms with van der Waals surface area (Å²) in [6.45, 7) is 17.0. The molecule has 0 N–H and O–H groups in total. The van der Waals surface area contributed by atoms with E-state index in [2.05, 4.69) is 41.2 Å². The Hall–Kier alpha value is -0.830. The predicted molar refractivity (Wildman–Crippen MR) is 79.0 cm³/mol. The second kappa shape index (κ2) is 7.68. The topological polar surface area (TPSA) is 35.5 Å². The molecule has 0 aromatic rings. The molecular weight excluding hydrogens is 240 g/mol. The number of hydrogen-bond donors (Lipinski definition) is 0. The Kier molecular flexibility index (Phi) is 7.35. The quantitative estimate of drug-likeness (QED) is 0.380. The molecule has 0 aliphatic carbocycles. The highest BCUT2D eigenvalue weighted by Crippen LogP contribution is 2.38. The predicted octanol–water partition coefficient (Wildman–Crippen LogP) is 3.97. The molecule has 1 atom stereocenters. The Morgan fingerprint density at radius 2 is 1.84 bits per heavy atom. The molecule has 0 amide bonds. The van der Waals surface area contributed by atoms with Crippen LogP contribution in [0.3, 0.4) is 0 Å². The number of carbonyl (C=O) groups is 1. The van der Waals surface area contributed by atoms with E-state index in [0.717, 1.165) is 6.42 Å². The molecule has 1 unspecified atom stereocenters. The van der Waals surface area contributed by atoms with Gasteiger partial charge in [-0.1, -0.05) is 40.7 Å². The fraction of sp³-hybridized carbons (Fsp3) is 0.812. The summed E-state index contributed by atoms with van der Waals surface area (Å²) in [5, 5.41) is 0. The van der Waals surface area contributed by atoms with Gasteiger partial charge in [0.2, 0.25) is 0 Å². The van der Waals surface area contributed by atoms with Crippen LogP contribution in [0.2, 0.25) is 0 Å². The van der Waals surface area contributed by atoms with Gasteiger partial charge in [-0.3, -0.25) is 4.79 Å².